The minimum absolute atomic E-state index is 0.0884. The second-order valence-corrected chi connectivity index (χ2v) is 8.26. The summed E-state index contributed by atoms with van der Waals surface area (Å²) in [6.45, 7) is 1.77. The number of carbonyl (C=O) groups excluding carboxylic acids is 2. The molecule has 0 radical (unpaired) electrons. The fraction of sp³-hybridized carbons (Fsp3) is 0.0800. The summed E-state index contributed by atoms with van der Waals surface area (Å²) in [6, 6.07) is 13.9. The minimum atomic E-state index is -4.67. The lowest BCUT2D eigenvalue weighted by molar-refractivity contribution is -0.137. The number of carbonyl (C=O) groups is 2. The van der Waals surface area contributed by atoms with Gasteiger partial charge in [-0.15, -0.1) is 0 Å². The maximum atomic E-state index is 13.1. The van der Waals surface area contributed by atoms with Crippen molar-refractivity contribution >= 4 is 57.2 Å². The second kappa shape index (κ2) is 9.74. The van der Waals surface area contributed by atoms with E-state index in [1.807, 2.05) is 0 Å². The van der Waals surface area contributed by atoms with Crippen molar-refractivity contribution in [2.24, 2.45) is 0 Å². The molecule has 0 unspecified atom stereocenters. The Hall–Kier alpha value is -4.31. The van der Waals surface area contributed by atoms with Crippen LogP contribution in [0.3, 0.4) is 0 Å². The number of hydrogen-bond acceptors (Lipinski definition) is 4. The third-order valence-corrected chi connectivity index (χ3v) is 5.68. The lowest BCUT2D eigenvalue weighted by Crippen LogP contribution is -2.20. The first-order valence-corrected chi connectivity index (χ1v) is 10.9. The van der Waals surface area contributed by atoms with Gasteiger partial charge < -0.3 is 21.7 Å². The molecule has 184 valence electrons. The Morgan fingerprint density at radius 1 is 0.917 bits per heavy atom. The number of benzene rings is 3. The van der Waals surface area contributed by atoms with E-state index in [0.717, 1.165) is 17.7 Å². The molecule has 3 amide bonds. The van der Waals surface area contributed by atoms with Crippen LogP contribution in [-0.4, -0.2) is 16.9 Å². The van der Waals surface area contributed by atoms with Gasteiger partial charge in [0.2, 0.25) is 0 Å². The Bertz CT molecular complexity index is 1490. The normalized spacial score (nSPS) is 11.2. The summed E-state index contributed by atoms with van der Waals surface area (Å²) in [5, 5.41) is 8.51. The number of nitrogens with two attached hydrogens (primary N) is 1. The first kappa shape index (κ1) is 24.8. The molecule has 4 rings (SSSR count). The summed E-state index contributed by atoms with van der Waals surface area (Å²) < 4.78 is 39.2. The average molecular weight is 514 g/mol. The summed E-state index contributed by atoms with van der Waals surface area (Å²) in [6.07, 6.45) is -3.15. The number of halogens is 4. The number of fused-ring (bicyclic) bond motifs is 1. The maximum absolute atomic E-state index is 13.1. The lowest BCUT2D eigenvalue weighted by Gasteiger charge is -2.14. The molecule has 0 aliphatic heterocycles. The molecule has 36 heavy (non-hydrogen) atoms. The maximum Gasteiger partial charge on any atom is 0.417 e. The Kier molecular flexibility index (Phi) is 6.71. The second-order valence-electron chi connectivity index (χ2n) is 7.85. The molecule has 0 spiro atoms. The molecular weight excluding hydrogens is 495 g/mol. The van der Waals surface area contributed by atoms with Crippen LogP contribution in [0.25, 0.3) is 10.8 Å². The van der Waals surface area contributed by atoms with Gasteiger partial charge in [0.1, 0.15) is 5.82 Å². The molecule has 7 nitrogen and oxygen atoms in total. The van der Waals surface area contributed by atoms with Gasteiger partial charge in [0, 0.05) is 34.2 Å². The number of hydrogen-bond donors (Lipinski definition) is 4. The smallest absolute Gasteiger partial charge is 0.383 e. The van der Waals surface area contributed by atoms with Crippen LogP contribution >= 0.6 is 11.6 Å². The summed E-state index contributed by atoms with van der Waals surface area (Å²) in [5.41, 5.74) is 6.62. The van der Waals surface area contributed by atoms with Gasteiger partial charge in [-0.2, -0.15) is 13.2 Å². The Labute approximate surface area is 208 Å². The first-order chi connectivity index (χ1) is 17.0. The van der Waals surface area contributed by atoms with Crippen molar-refractivity contribution < 1.29 is 22.8 Å². The molecule has 3 aromatic carbocycles. The number of nitrogens with one attached hydrogen (secondary N) is 3. The van der Waals surface area contributed by atoms with Crippen molar-refractivity contribution in [1.29, 1.82) is 0 Å². The van der Waals surface area contributed by atoms with Gasteiger partial charge in [-0.1, -0.05) is 29.8 Å². The molecule has 1 aromatic heterocycles. The highest BCUT2D eigenvalue weighted by atomic mass is 35.5. The molecule has 0 saturated heterocycles. The zero-order valence-electron chi connectivity index (χ0n) is 18.7. The van der Waals surface area contributed by atoms with E-state index in [1.54, 1.807) is 43.3 Å². The monoisotopic (exact) mass is 513 g/mol. The van der Waals surface area contributed by atoms with Crippen molar-refractivity contribution in [2.45, 2.75) is 13.1 Å². The zero-order chi connectivity index (χ0) is 26.0. The number of urea groups is 1. The predicted octanol–water partition coefficient (Wildman–Crippen LogP) is 6.69. The Balaban J connectivity index is 1.51. The predicted molar refractivity (Wildman–Crippen MR) is 134 cm³/mol. The molecule has 11 heteroatoms. The van der Waals surface area contributed by atoms with Crippen LogP contribution in [0.1, 0.15) is 21.5 Å². The standard InChI is InChI=1S/C25H19ClF3N5O2/c1-13-5-6-15(33-24(36)32-14-7-8-20(26)19(11-14)25(27,28)29)12-21(13)34-23(35)18-4-2-3-17-16(18)9-10-31-22(17)30/h2-12H,1H3,(H2,30,31)(H,34,35)(H2,32,33,36). The highest BCUT2D eigenvalue weighted by Gasteiger charge is 2.33. The number of alkyl halides is 3. The summed E-state index contributed by atoms with van der Waals surface area (Å²) in [7, 11) is 0. The van der Waals surface area contributed by atoms with E-state index in [4.69, 9.17) is 17.3 Å². The Morgan fingerprint density at radius 3 is 2.33 bits per heavy atom. The number of aromatic nitrogens is 1. The van der Waals surface area contributed by atoms with E-state index < -0.39 is 28.7 Å². The van der Waals surface area contributed by atoms with E-state index in [9.17, 15) is 22.8 Å². The van der Waals surface area contributed by atoms with Gasteiger partial charge in [0.25, 0.3) is 5.91 Å². The van der Waals surface area contributed by atoms with Crippen LogP contribution in [0.4, 0.5) is 40.8 Å². The van der Waals surface area contributed by atoms with E-state index in [1.165, 1.54) is 18.3 Å². The zero-order valence-corrected chi connectivity index (χ0v) is 19.5. The van der Waals surface area contributed by atoms with Gasteiger partial charge in [0.05, 0.1) is 10.6 Å². The molecule has 1 heterocycles. The van der Waals surface area contributed by atoms with Crippen LogP contribution in [-0.2, 0) is 6.18 Å². The van der Waals surface area contributed by atoms with E-state index >= 15 is 0 Å². The third kappa shape index (κ3) is 5.33. The number of nitrogen functional groups attached to an aromatic ring is 1. The van der Waals surface area contributed by atoms with Crippen LogP contribution in [0.5, 0.6) is 0 Å². The van der Waals surface area contributed by atoms with Gasteiger partial charge in [-0.25, -0.2) is 9.78 Å². The number of nitrogens with zero attached hydrogens (tertiary/aromatic N) is 1. The van der Waals surface area contributed by atoms with Gasteiger partial charge >= 0.3 is 12.2 Å². The number of pyridine rings is 1. The number of anilines is 4. The highest BCUT2D eigenvalue weighted by molar-refractivity contribution is 6.31. The molecule has 4 aromatic rings. The number of aryl methyl sites for hydroxylation is 1. The van der Waals surface area contributed by atoms with Crippen molar-refractivity contribution in [3.63, 3.8) is 0 Å². The summed E-state index contributed by atoms with van der Waals surface area (Å²) in [4.78, 5) is 29.5. The highest BCUT2D eigenvalue weighted by Crippen LogP contribution is 2.36. The third-order valence-electron chi connectivity index (χ3n) is 5.35. The SMILES string of the molecule is Cc1ccc(NC(=O)Nc2ccc(Cl)c(C(F)(F)F)c2)cc1NC(=O)c1cccc2c(N)nccc12. The minimum Gasteiger partial charge on any atom is -0.383 e. The fourth-order valence-corrected chi connectivity index (χ4v) is 3.79. The summed E-state index contributed by atoms with van der Waals surface area (Å²) in [5.74, 6) is -0.0877. The molecule has 0 saturated carbocycles. The van der Waals surface area contributed by atoms with E-state index in [2.05, 4.69) is 20.9 Å². The molecular formula is C25H19ClF3N5O2. The largest absolute Gasteiger partial charge is 0.417 e. The van der Waals surface area contributed by atoms with E-state index in [0.29, 0.717) is 33.5 Å². The fourth-order valence-electron chi connectivity index (χ4n) is 3.57. The molecule has 0 bridgehead atoms. The first-order valence-electron chi connectivity index (χ1n) is 10.5. The van der Waals surface area contributed by atoms with Gasteiger partial charge in [0.15, 0.2) is 0 Å². The lowest BCUT2D eigenvalue weighted by atomic mass is 10.0. The van der Waals surface area contributed by atoms with Crippen LogP contribution in [0.15, 0.2) is 66.9 Å². The molecule has 0 aliphatic carbocycles. The van der Waals surface area contributed by atoms with Crippen molar-refractivity contribution in [2.75, 3.05) is 21.7 Å². The van der Waals surface area contributed by atoms with Crippen molar-refractivity contribution in [3.05, 3.63) is 88.6 Å². The van der Waals surface area contributed by atoms with Gasteiger partial charge in [-0.05, 0) is 60.3 Å². The molecule has 0 fully saturated rings. The number of amides is 3. The average Bonchev–Trinajstić information content (AvgIpc) is 2.81. The van der Waals surface area contributed by atoms with Gasteiger partial charge in [-0.3, -0.25) is 4.79 Å². The van der Waals surface area contributed by atoms with Crippen LogP contribution in [0.2, 0.25) is 5.02 Å². The van der Waals surface area contributed by atoms with Crippen molar-refractivity contribution in [3.8, 4) is 0 Å². The van der Waals surface area contributed by atoms with E-state index in [-0.39, 0.29) is 5.69 Å². The Morgan fingerprint density at radius 2 is 1.61 bits per heavy atom. The molecule has 0 atom stereocenters. The number of rotatable bonds is 4. The van der Waals surface area contributed by atoms with Crippen molar-refractivity contribution in [1.82, 2.24) is 4.98 Å². The molecule has 5 N–H and O–H groups in total. The quantitative estimate of drug-likeness (QED) is 0.243. The molecule has 0 aliphatic rings. The van der Waals surface area contributed by atoms with Crippen LogP contribution < -0.4 is 21.7 Å². The summed E-state index contributed by atoms with van der Waals surface area (Å²) >= 11 is 5.61. The topological polar surface area (TPSA) is 109 Å². The van der Waals surface area contributed by atoms with Crippen LogP contribution in [0, 0.1) is 6.92 Å².